The van der Waals surface area contributed by atoms with Crippen molar-refractivity contribution >= 4 is 66.6 Å². The van der Waals surface area contributed by atoms with E-state index in [1.807, 2.05) is 36.4 Å². The number of hydrogen-bond donors (Lipinski definition) is 3. The van der Waals surface area contributed by atoms with E-state index in [1.165, 1.54) is 16.2 Å². The van der Waals surface area contributed by atoms with E-state index in [4.69, 9.17) is 21.1 Å². The first kappa shape index (κ1) is 34.6. The molecule has 1 aromatic heterocycles. The highest BCUT2D eigenvalue weighted by molar-refractivity contribution is 7.91. The number of benzene rings is 2. The maximum Gasteiger partial charge on any atom is 0.274 e. The lowest BCUT2D eigenvalue weighted by atomic mass is 10.0. The van der Waals surface area contributed by atoms with Gasteiger partial charge >= 0.3 is 0 Å². The van der Waals surface area contributed by atoms with Gasteiger partial charge in [0.1, 0.15) is 29.5 Å². The summed E-state index contributed by atoms with van der Waals surface area (Å²) in [5.74, 6) is -1.29. The third-order valence-electron chi connectivity index (χ3n) is 9.85. The van der Waals surface area contributed by atoms with Crippen molar-refractivity contribution in [2.24, 2.45) is 5.92 Å². The molecule has 5 atom stereocenters. The van der Waals surface area contributed by atoms with Gasteiger partial charge in [-0.15, -0.1) is 0 Å². The molecule has 2 aliphatic heterocycles. The number of methoxy groups -OCH3 is 1. The largest absolute Gasteiger partial charge is 0.497 e. The summed E-state index contributed by atoms with van der Waals surface area (Å²) in [6.07, 6.45) is 8.55. The van der Waals surface area contributed by atoms with Gasteiger partial charge in [0.15, 0.2) is 0 Å². The van der Waals surface area contributed by atoms with E-state index in [2.05, 4.69) is 20.3 Å². The quantitative estimate of drug-likeness (QED) is 0.277. The van der Waals surface area contributed by atoms with E-state index >= 15 is 0 Å². The molecule has 0 radical (unpaired) electrons. The summed E-state index contributed by atoms with van der Waals surface area (Å²) in [5.41, 5.74) is -0.00736. The molecule has 1 saturated heterocycles. The second-order valence-corrected chi connectivity index (χ2v) is 16.9. The first-order chi connectivity index (χ1) is 24.0. The van der Waals surface area contributed by atoms with Gasteiger partial charge in [0.2, 0.25) is 21.8 Å². The minimum atomic E-state index is -3.85. The number of carbonyl (C=O) groups excluding carboxylic acids is 3. The first-order valence-corrected chi connectivity index (χ1v) is 19.8. The van der Waals surface area contributed by atoms with E-state index in [1.54, 1.807) is 25.3 Å². The minimum absolute atomic E-state index is 0.114. The fraction of sp³-hybridized carbons (Fsp3) is 0.486. The SMILES string of the molecule is COc1cccc(N[C@H]2CCCCCC=C[C@@H]3C[C@@]3(C(=O)NS(=O)(=O)C3CC3)NC(=O)[C@@H]3C[C@@H](Oc4nc5ccc(Cl)cc5s4)CN3C2=O)c1. The van der Waals surface area contributed by atoms with Gasteiger partial charge in [-0.25, -0.2) is 13.4 Å². The molecule has 3 heterocycles. The maximum absolute atomic E-state index is 14.5. The first-order valence-electron chi connectivity index (χ1n) is 17.0. The average Bonchev–Trinajstić information content (AvgIpc) is 3.98. The second-order valence-electron chi connectivity index (χ2n) is 13.5. The van der Waals surface area contributed by atoms with Crippen molar-refractivity contribution in [2.75, 3.05) is 19.0 Å². The summed E-state index contributed by atoms with van der Waals surface area (Å²) >= 11 is 7.51. The lowest BCUT2D eigenvalue weighted by Crippen LogP contribution is -2.57. The number of hydrogen-bond acceptors (Lipinski definition) is 10. The highest BCUT2D eigenvalue weighted by atomic mass is 35.5. The van der Waals surface area contributed by atoms with Crippen LogP contribution in [-0.2, 0) is 24.4 Å². The third-order valence-corrected chi connectivity index (χ3v) is 12.8. The molecule has 7 rings (SSSR count). The van der Waals surface area contributed by atoms with Gasteiger partial charge in [-0.1, -0.05) is 54.0 Å². The van der Waals surface area contributed by atoms with Crippen LogP contribution < -0.4 is 24.8 Å². The summed E-state index contributed by atoms with van der Waals surface area (Å²) < 4.78 is 40.4. The lowest BCUT2D eigenvalue weighted by Gasteiger charge is -2.30. The summed E-state index contributed by atoms with van der Waals surface area (Å²) in [5, 5.41) is 6.68. The van der Waals surface area contributed by atoms with Crippen molar-refractivity contribution in [3.63, 3.8) is 0 Å². The Kier molecular flexibility index (Phi) is 9.70. The molecule has 50 heavy (non-hydrogen) atoms. The Bertz CT molecular complexity index is 1930. The molecule has 3 N–H and O–H groups in total. The Balaban J connectivity index is 1.18. The van der Waals surface area contributed by atoms with Gasteiger partial charge in [0.05, 0.1) is 29.1 Å². The molecule has 12 nitrogen and oxygen atoms in total. The number of amides is 3. The fourth-order valence-electron chi connectivity index (χ4n) is 6.83. The molecular formula is C35H40ClN5O7S2. The number of aromatic nitrogens is 1. The maximum atomic E-state index is 14.5. The topological polar surface area (TPSA) is 156 Å². The van der Waals surface area contributed by atoms with Crippen LogP contribution in [0.15, 0.2) is 54.6 Å². The van der Waals surface area contributed by atoms with Crippen LogP contribution in [0.2, 0.25) is 5.02 Å². The van der Waals surface area contributed by atoms with Gasteiger partial charge in [-0.05, 0) is 68.9 Å². The van der Waals surface area contributed by atoms with Gasteiger partial charge in [0, 0.05) is 29.1 Å². The molecule has 4 aliphatic rings. The summed E-state index contributed by atoms with van der Waals surface area (Å²) in [4.78, 5) is 48.6. The van der Waals surface area contributed by atoms with Crippen LogP contribution in [-0.4, -0.2) is 78.7 Å². The third kappa shape index (κ3) is 7.42. The van der Waals surface area contributed by atoms with Gasteiger partial charge < -0.3 is 25.0 Å². The normalized spacial score (nSPS) is 27.4. The molecule has 3 aromatic rings. The van der Waals surface area contributed by atoms with Crippen LogP contribution in [0, 0.1) is 5.92 Å². The number of sulfonamides is 1. The minimum Gasteiger partial charge on any atom is -0.497 e. The number of carbonyl (C=O) groups is 3. The fourth-order valence-corrected chi connectivity index (χ4v) is 9.35. The molecule has 2 aliphatic carbocycles. The molecule has 2 saturated carbocycles. The van der Waals surface area contributed by atoms with Crippen molar-refractivity contribution in [3.05, 3.63) is 59.6 Å². The molecule has 15 heteroatoms. The Labute approximate surface area is 300 Å². The monoisotopic (exact) mass is 741 g/mol. The Morgan fingerprint density at radius 3 is 2.76 bits per heavy atom. The van der Waals surface area contributed by atoms with Crippen molar-refractivity contribution in [3.8, 4) is 10.9 Å². The molecule has 266 valence electrons. The number of anilines is 1. The molecule has 2 aromatic carbocycles. The van der Waals surface area contributed by atoms with Gasteiger partial charge in [0.25, 0.3) is 11.1 Å². The standard InChI is InChI=1S/C35H40ClN5O7S2/c1-47-24-10-7-9-23(17-24)37-28-11-6-4-2-3-5-8-21-19-35(21,33(44)40-50(45,46)26-13-14-26)39-31(42)29-18-25(20-41(29)32(28)43)48-34-38-27-15-12-22(36)16-30(27)49-34/h5,7-10,12,15-17,21,25-26,28-29,37H,2-4,6,11,13-14,18-20H2,1H3,(H,39,42)(H,40,44)/t21-,25-,28+,29+,35-/m1/s1. The predicted molar refractivity (Wildman–Crippen MR) is 191 cm³/mol. The summed E-state index contributed by atoms with van der Waals surface area (Å²) in [6.45, 7) is 0.114. The number of rotatable bonds is 8. The zero-order valence-electron chi connectivity index (χ0n) is 27.6. The van der Waals surface area contributed by atoms with Crippen molar-refractivity contribution in [1.29, 1.82) is 0 Å². The van der Waals surface area contributed by atoms with Crippen LogP contribution in [0.5, 0.6) is 10.9 Å². The van der Waals surface area contributed by atoms with Crippen LogP contribution in [0.3, 0.4) is 0 Å². The van der Waals surface area contributed by atoms with Crippen molar-refractivity contribution in [1.82, 2.24) is 19.9 Å². The highest BCUT2D eigenvalue weighted by Gasteiger charge is 2.62. The lowest BCUT2D eigenvalue weighted by molar-refractivity contribution is -0.140. The van der Waals surface area contributed by atoms with Gasteiger partial charge in [-0.2, -0.15) is 0 Å². The molecule has 0 unspecified atom stereocenters. The number of nitrogens with zero attached hydrogens (tertiary/aromatic N) is 2. The van der Waals surface area contributed by atoms with E-state index in [0.717, 1.165) is 35.9 Å². The number of nitrogens with one attached hydrogen (secondary N) is 3. The second kappa shape index (κ2) is 14.0. The Morgan fingerprint density at radius 1 is 1.12 bits per heavy atom. The van der Waals surface area contributed by atoms with Crippen LogP contribution in [0.4, 0.5) is 5.69 Å². The van der Waals surface area contributed by atoms with Crippen LogP contribution in [0.25, 0.3) is 10.2 Å². The Morgan fingerprint density at radius 2 is 1.96 bits per heavy atom. The average molecular weight is 742 g/mol. The summed E-state index contributed by atoms with van der Waals surface area (Å²) in [7, 11) is -2.27. The van der Waals surface area contributed by atoms with E-state index < -0.39 is 50.8 Å². The zero-order valence-corrected chi connectivity index (χ0v) is 30.0. The molecule has 3 fully saturated rings. The highest BCUT2D eigenvalue weighted by Crippen LogP contribution is 2.46. The number of halogens is 1. The van der Waals surface area contributed by atoms with Crippen molar-refractivity contribution in [2.45, 2.75) is 86.8 Å². The van der Waals surface area contributed by atoms with Crippen molar-refractivity contribution < 1.29 is 32.3 Å². The number of fused-ring (bicyclic) bond motifs is 3. The Hall–Kier alpha value is -3.88. The smallest absolute Gasteiger partial charge is 0.274 e. The predicted octanol–water partition coefficient (Wildman–Crippen LogP) is 4.79. The van der Waals surface area contributed by atoms with Gasteiger partial charge in [-0.3, -0.25) is 19.1 Å². The molecule has 0 spiro atoms. The number of thiazole rings is 1. The number of ether oxygens (including phenoxy) is 2. The van der Waals surface area contributed by atoms with E-state index in [-0.39, 0.29) is 31.2 Å². The van der Waals surface area contributed by atoms with Crippen LogP contribution >= 0.6 is 22.9 Å². The molecule has 3 amide bonds. The van der Waals surface area contributed by atoms with Crippen LogP contribution in [0.1, 0.15) is 57.8 Å². The number of allylic oxidation sites excluding steroid dienone is 1. The molecular weight excluding hydrogens is 702 g/mol. The van der Waals surface area contributed by atoms with E-state index in [9.17, 15) is 22.8 Å². The summed E-state index contributed by atoms with van der Waals surface area (Å²) in [6, 6.07) is 11.1. The molecule has 0 bridgehead atoms. The van der Waals surface area contributed by atoms with E-state index in [0.29, 0.717) is 40.9 Å². The zero-order chi connectivity index (χ0) is 35.0.